The largest absolute Gasteiger partial charge is 0.466 e. The Morgan fingerprint density at radius 1 is 0.500 bits per heavy atom. The summed E-state index contributed by atoms with van der Waals surface area (Å²) < 4.78 is 17.8. The number of unbranched alkanes of at least 4 members (excludes halogenated alkanes) is 15. The zero-order chi connectivity index (χ0) is 31.5. The molecule has 0 spiro atoms. The van der Waals surface area contributed by atoms with Crippen LogP contribution in [0.3, 0.4) is 0 Å². The molecule has 0 bridgehead atoms. The molecule has 0 unspecified atom stereocenters. The Morgan fingerprint density at radius 3 is 0.950 bits per heavy atom. The van der Waals surface area contributed by atoms with E-state index < -0.39 is 15.6 Å². The van der Waals surface area contributed by atoms with Crippen molar-refractivity contribution < 1.29 is 48.7 Å². The minimum Gasteiger partial charge on any atom is -0.396 e. The predicted octanol–water partition coefficient (Wildman–Crippen LogP) is 6.98. The molecule has 0 saturated heterocycles. The number of benzene rings is 1. The molecule has 0 heterocycles. The van der Waals surface area contributed by atoms with Crippen LogP contribution in [-0.2, 0) is 15.7 Å². The predicted molar refractivity (Wildman–Crippen MR) is 163 cm³/mol. The van der Waals surface area contributed by atoms with Gasteiger partial charge in [-0.25, -0.2) is 9.13 Å². The smallest absolute Gasteiger partial charge is 0.396 e. The molecule has 0 aliphatic heterocycles. The molecule has 0 radical (unpaired) electrons. The van der Waals surface area contributed by atoms with Crippen LogP contribution >= 0.6 is 15.6 Å². The van der Waals surface area contributed by atoms with Gasteiger partial charge in [-0.15, -0.1) is 0 Å². The van der Waals surface area contributed by atoms with Crippen molar-refractivity contribution in [1.82, 2.24) is 0 Å². The van der Waals surface area contributed by atoms with Gasteiger partial charge in [0.05, 0.1) is 6.61 Å². The Bertz CT molecular complexity index is 614. The van der Waals surface area contributed by atoms with Gasteiger partial charge in [0.25, 0.3) is 0 Å². The number of aliphatic hydroxyl groups is 2. The molecule has 10 nitrogen and oxygen atoms in total. The Labute approximate surface area is 243 Å². The molecular weight excluding hydrogens is 558 g/mol. The first-order valence-electron chi connectivity index (χ1n) is 14.6. The lowest BCUT2D eigenvalue weighted by Crippen LogP contribution is -1.85. The van der Waals surface area contributed by atoms with Gasteiger partial charge in [-0.1, -0.05) is 154 Å². The molecule has 1 aromatic rings. The summed E-state index contributed by atoms with van der Waals surface area (Å²) in [5.74, 6) is 0. The SMILES string of the molecule is CCC.CCCCCCCCCCCCCCCCCCO.O=P(O)(O)O.O=P(O)(O)O.OCc1ccccc1. The lowest BCUT2D eigenvalue weighted by Gasteiger charge is -2.03. The van der Waals surface area contributed by atoms with Gasteiger partial charge in [0.15, 0.2) is 0 Å². The van der Waals surface area contributed by atoms with Gasteiger partial charge in [-0.2, -0.15) is 0 Å². The van der Waals surface area contributed by atoms with E-state index in [1.54, 1.807) is 0 Å². The van der Waals surface area contributed by atoms with Crippen LogP contribution in [0.15, 0.2) is 30.3 Å². The van der Waals surface area contributed by atoms with Crippen LogP contribution in [0.25, 0.3) is 0 Å². The lowest BCUT2D eigenvalue weighted by molar-refractivity contribution is 0.272. The first kappa shape index (κ1) is 46.3. The maximum atomic E-state index is 8.88. The molecule has 242 valence electrons. The molecule has 1 aromatic carbocycles. The van der Waals surface area contributed by atoms with E-state index in [1.165, 1.54) is 103 Å². The second kappa shape index (κ2) is 36.4. The van der Waals surface area contributed by atoms with Gasteiger partial charge >= 0.3 is 15.6 Å². The van der Waals surface area contributed by atoms with E-state index in [0.717, 1.165) is 12.0 Å². The average molecular weight is 619 g/mol. The van der Waals surface area contributed by atoms with Crippen molar-refractivity contribution in [3.63, 3.8) is 0 Å². The molecule has 40 heavy (non-hydrogen) atoms. The van der Waals surface area contributed by atoms with Gasteiger partial charge in [0.2, 0.25) is 0 Å². The van der Waals surface area contributed by atoms with Crippen molar-refractivity contribution in [2.45, 2.75) is 137 Å². The summed E-state index contributed by atoms with van der Waals surface area (Å²) in [6.07, 6.45) is 23.4. The van der Waals surface area contributed by atoms with Gasteiger partial charge in [0.1, 0.15) is 0 Å². The summed E-state index contributed by atoms with van der Waals surface area (Å²) in [4.78, 5) is 43.1. The standard InChI is InChI=1S/C18H38O.C7H8O.C3H8.2H3O4P/c1-2-3-4-5-6-7-8-9-10-11-12-13-14-15-16-17-18-19;8-6-7-4-2-1-3-5-7;1-3-2;2*1-5(2,3)4/h19H,2-18H2,1H3;1-5,8H,6H2;3H2,1-2H3;2*(H3,1,2,3,4). The highest BCUT2D eigenvalue weighted by Crippen LogP contribution is 2.26. The van der Waals surface area contributed by atoms with Gasteiger partial charge in [0, 0.05) is 6.61 Å². The monoisotopic (exact) mass is 618 g/mol. The third-order valence-electron chi connectivity index (χ3n) is 5.04. The van der Waals surface area contributed by atoms with Crippen LogP contribution in [0.2, 0.25) is 0 Å². The van der Waals surface area contributed by atoms with Gasteiger partial charge < -0.3 is 39.6 Å². The fourth-order valence-corrected chi connectivity index (χ4v) is 3.24. The van der Waals surface area contributed by atoms with Crippen molar-refractivity contribution in [3.8, 4) is 0 Å². The Morgan fingerprint density at radius 2 is 0.750 bits per heavy atom. The van der Waals surface area contributed by atoms with Crippen molar-refractivity contribution in [1.29, 1.82) is 0 Å². The zero-order valence-corrected chi connectivity index (χ0v) is 26.9. The summed E-state index contributed by atoms with van der Waals surface area (Å²) in [5, 5.41) is 17.2. The first-order chi connectivity index (χ1) is 18.8. The minimum absolute atomic E-state index is 0.140. The Balaban J connectivity index is -0.000000250. The first-order valence-corrected chi connectivity index (χ1v) is 17.7. The maximum Gasteiger partial charge on any atom is 0.466 e. The van der Waals surface area contributed by atoms with Crippen molar-refractivity contribution in [2.24, 2.45) is 0 Å². The second-order valence-corrected chi connectivity index (χ2v) is 11.5. The summed E-state index contributed by atoms with van der Waals surface area (Å²) in [6, 6.07) is 9.52. The lowest BCUT2D eigenvalue weighted by atomic mass is 10.0. The highest BCUT2D eigenvalue weighted by Gasteiger charge is 2.00. The van der Waals surface area contributed by atoms with Crippen molar-refractivity contribution in [2.75, 3.05) is 6.61 Å². The van der Waals surface area contributed by atoms with E-state index in [0.29, 0.717) is 6.61 Å². The van der Waals surface area contributed by atoms with Crippen molar-refractivity contribution >= 4 is 15.6 Å². The topological polar surface area (TPSA) is 196 Å². The number of rotatable bonds is 17. The summed E-state index contributed by atoms with van der Waals surface area (Å²) in [6.45, 7) is 7.05. The quantitative estimate of drug-likeness (QED) is 0.0666. The van der Waals surface area contributed by atoms with Crippen molar-refractivity contribution in [3.05, 3.63) is 35.9 Å². The second-order valence-electron chi connectivity index (χ2n) is 9.40. The maximum absolute atomic E-state index is 8.88. The normalized spacial score (nSPS) is 10.5. The fourth-order valence-electron chi connectivity index (χ4n) is 3.24. The number of aliphatic hydroxyl groups excluding tert-OH is 2. The summed E-state index contributed by atoms with van der Waals surface area (Å²) in [7, 11) is -9.28. The molecule has 0 atom stereocenters. The summed E-state index contributed by atoms with van der Waals surface area (Å²) >= 11 is 0. The molecule has 0 saturated carbocycles. The molecule has 12 heteroatoms. The molecule has 0 aliphatic rings. The van der Waals surface area contributed by atoms with E-state index in [1.807, 2.05) is 30.3 Å². The molecule has 8 N–H and O–H groups in total. The average Bonchev–Trinajstić information content (AvgIpc) is 2.86. The molecule has 0 aliphatic carbocycles. The van der Waals surface area contributed by atoms with Crippen LogP contribution in [-0.4, -0.2) is 46.2 Å². The summed E-state index contributed by atoms with van der Waals surface area (Å²) in [5.41, 5.74) is 0.965. The highest BCUT2D eigenvalue weighted by atomic mass is 31.2. The third-order valence-corrected chi connectivity index (χ3v) is 5.04. The van der Waals surface area contributed by atoms with Crippen LogP contribution < -0.4 is 0 Å². The third kappa shape index (κ3) is 76.8. The van der Waals surface area contributed by atoms with Gasteiger partial charge in [-0.3, -0.25) is 0 Å². The number of hydrogen-bond donors (Lipinski definition) is 8. The van der Waals surface area contributed by atoms with E-state index in [4.69, 9.17) is 48.7 Å². The molecule has 0 fully saturated rings. The van der Waals surface area contributed by atoms with Gasteiger partial charge in [-0.05, 0) is 12.0 Å². The minimum atomic E-state index is -4.64. The Kier molecular flexibility index (Phi) is 42.1. The molecule has 1 rings (SSSR count). The molecule has 0 aromatic heterocycles. The highest BCUT2D eigenvalue weighted by molar-refractivity contribution is 7.45. The van der Waals surface area contributed by atoms with Crippen LogP contribution in [0.1, 0.15) is 135 Å². The van der Waals surface area contributed by atoms with E-state index >= 15 is 0 Å². The van der Waals surface area contributed by atoms with E-state index in [2.05, 4.69) is 20.8 Å². The van der Waals surface area contributed by atoms with Crippen LogP contribution in [0.4, 0.5) is 0 Å². The van der Waals surface area contributed by atoms with E-state index in [-0.39, 0.29) is 6.61 Å². The van der Waals surface area contributed by atoms with Crippen LogP contribution in [0.5, 0.6) is 0 Å². The molecule has 0 amide bonds. The van der Waals surface area contributed by atoms with Crippen LogP contribution in [0, 0.1) is 0 Å². The Hall–Kier alpha value is -0.640. The number of phosphoric acid groups is 2. The zero-order valence-electron chi connectivity index (χ0n) is 25.1. The van der Waals surface area contributed by atoms with E-state index in [9.17, 15) is 0 Å². The molecular formula is C28H60O10P2. The number of hydrogen-bond acceptors (Lipinski definition) is 4. The fraction of sp³-hybridized carbons (Fsp3) is 0.786.